The van der Waals surface area contributed by atoms with Crippen LogP contribution in [0.3, 0.4) is 0 Å². The molecule has 3 aromatic carbocycles. The summed E-state index contributed by atoms with van der Waals surface area (Å²) in [4.78, 5) is 22.0. The topological polar surface area (TPSA) is 84.9 Å². The van der Waals surface area contributed by atoms with Crippen LogP contribution in [-0.4, -0.2) is 17.0 Å². The van der Waals surface area contributed by atoms with Crippen molar-refractivity contribution in [3.63, 3.8) is 0 Å². The predicted octanol–water partition coefficient (Wildman–Crippen LogP) is 4.42. The number of carbonyl (C=O) groups excluding carboxylic acids is 1. The lowest BCUT2D eigenvalue weighted by Crippen LogP contribution is -2.08. The number of nitrogens with one attached hydrogen (secondary N) is 1. The van der Waals surface area contributed by atoms with Crippen LogP contribution in [0.15, 0.2) is 91.0 Å². The number of hydrogen-bond acceptors (Lipinski definition) is 4. The van der Waals surface area contributed by atoms with Crippen LogP contribution in [0.1, 0.15) is 11.1 Å². The molecule has 0 radical (unpaired) electrons. The Labute approximate surface area is 174 Å². The van der Waals surface area contributed by atoms with Crippen molar-refractivity contribution in [1.82, 2.24) is 0 Å². The Morgan fingerprint density at radius 2 is 1.27 bits per heavy atom. The molecule has 0 fully saturated rings. The number of ether oxygens (including phenoxy) is 2. The molecule has 6 nitrogen and oxygen atoms in total. The Morgan fingerprint density at radius 3 is 1.80 bits per heavy atom. The SMILES string of the molecule is O=C(O)/C=C\C(=O)Nc1ccc(COc2ccc(OCc3ccccc3)cc2)cc1. The Kier molecular flexibility index (Phi) is 7.22. The first-order chi connectivity index (χ1) is 14.6. The number of anilines is 1. The van der Waals surface area contributed by atoms with Gasteiger partial charge in [-0.15, -0.1) is 0 Å². The van der Waals surface area contributed by atoms with Crippen molar-refractivity contribution in [1.29, 1.82) is 0 Å². The number of amides is 1. The molecule has 3 aromatic rings. The van der Waals surface area contributed by atoms with E-state index in [0.29, 0.717) is 18.9 Å². The van der Waals surface area contributed by atoms with Gasteiger partial charge in [0, 0.05) is 17.8 Å². The molecule has 0 aliphatic carbocycles. The zero-order chi connectivity index (χ0) is 21.2. The van der Waals surface area contributed by atoms with E-state index in [0.717, 1.165) is 34.8 Å². The van der Waals surface area contributed by atoms with Gasteiger partial charge < -0.3 is 19.9 Å². The number of carboxylic acids is 1. The number of carbonyl (C=O) groups is 2. The van der Waals surface area contributed by atoms with Gasteiger partial charge in [-0.1, -0.05) is 42.5 Å². The smallest absolute Gasteiger partial charge is 0.328 e. The maximum absolute atomic E-state index is 11.6. The number of rotatable bonds is 9. The lowest BCUT2D eigenvalue weighted by atomic mass is 10.2. The first-order valence-electron chi connectivity index (χ1n) is 9.29. The van der Waals surface area contributed by atoms with Gasteiger partial charge in [-0.25, -0.2) is 4.79 Å². The third kappa shape index (κ3) is 6.83. The number of carboxylic acid groups (broad SMARTS) is 1. The zero-order valence-corrected chi connectivity index (χ0v) is 16.2. The molecule has 30 heavy (non-hydrogen) atoms. The molecule has 0 spiro atoms. The predicted molar refractivity (Wildman–Crippen MR) is 113 cm³/mol. The van der Waals surface area contributed by atoms with E-state index in [4.69, 9.17) is 14.6 Å². The normalized spacial score (nSPS) is 10.5. The first kappa shape index (κ1) is 20.7. The quantitative estimate of drug-likeness (QED) is 0.517. The van der Waals surface area contributed by atoms with Gasteiger partial charge in [0.25, 0.3) is 0 Å². The molecular weight excluding hydrogens is 382 g/mol. The molecule has 3 rings (SSSR count). The summed E-state index contributed by atoms with van der Waals surface area (Å²) in [6, 6.07) is 24.5. The van der Waals surface area contributed by atoms with Gasteiger partial charge in [0.1, 0.15) is 24.7 Å². The Hall–Kier alpha value is -4.06. The molecule has 0 unspecified atom stereocenters. The third-order valence-electron chi connectivity index (χ3n) is 4.08. The first-order valence-corrected chi connectivity index (χ1v) is 9.29. The van der Waals surface area contributed by atoms with Gasteiger partial charge in [0.15, 0.2) is 0 Å². The van der Waals surface area contributed by atoms with E-state index in [1.807, 2.05) is 66.7 Å². The fourth-order valence-electron chi connectivity index (χ4n) is 2.55. The van der Waals surface area contributed by atoms with Crippen molar-refractivity contribution >= 4 is 17.6 Å². The fraction of sp³-hybridized carbons (Fsp3) is 0.0833. The molecule has 6 heteroatoms. The molecule has 0 aliphatic heterocycles. The van der Waals surface area contributed by atoms with E-state index in [1.54, 1.807) is 12.1 Å². The molecule has 0 atom stereocenters. The maximum atomic E-state index is 11.6. The molecule has 0 aromatic heterocycles. The lowest BCUT2D eigenvalue weighted by Gasteiger charge is -2.09. The molecule has 0 heterocycles. The number of hydrogen-bond donors (Lipinski definition) is 2. The minimum absolute atomic E-state index is 0.372. The van der Waals surface area contributed by atoms with E-state index in [9.17, 15) is 9.59 Å². The summed E-state index contributed by atoms with van der Waals surface area (Å²) in [5.74, 6) is -0.189. The van der Waals surface area contributed by atoms with Crippen molar-refractivity contribution in [3.8, 4) is 11.5 Å². The van der Waals surface area contributed by atoms with Crippen LogP contribution >= 0.6 is 0 Å². The average Bonchev–Trinajstić information content (AvgIpc) is 2.77. The van der Waals surface area contributed by atoms with Crippen LogP contribution < -0.4 is 14.8 Å². The van der Waals surface area contributed by atoms with Crippen LogP contribution in [0.5, 0.6) is 11.5 Å². The van der Waals surface area contributed by atoms with Crippen molar-refractivity contribution in [2.45, 2.75) is 13.2 Å². The van der Waals surface area contributed by atoms with Crippen LogP contribution in [0.4, 0.5) is 5.69 Å². The van der Waals surface area contributed by atoms with E-state index >= 15 is 0 Å². The summed E-state index contributed by atoms with van der Waals surface area (Å²) in [5.41, 5.74) is 2.60. The van der Waals surface area contributed by atoms with Gasteiger partial charge in [-0.2, -0.15) is 0 Å². The fourth-order valence-corrected chi connectivity index (χ4v) is 2.55. The standard InChI is InChI=1S/C24H21NO5/c26-23(14-15-24(27)28)25-20-8-6-19(7-9-20)17-30-22-12-10-21(11-13-22)29-16-18-4-2-1-3-5-18/h1-15H,16-17H2,(H,25,26)(H,27,28)/b15-14-. The second kappa shape index (κ2) is 10.5. The van der Waals surface area contributed by atoms with Crippen molar-refractivity contribution < 1.29 is 24.2 Å². The summed E-state index contributed by atoms with van der Waals surface area (Å²) in [5, 5.41) is 11.1. The molecule has 0 saturated carbocycles. The van der Waals surface area contributed by atoms with Crippen molar-refractivity contribution in [2.75, 3.05) is 5.32 Å². The molecular formula is C24H21NO5. The van der Waals surface area contributed by atoms with Crippen LogP contribution in [-0.2, 0) is 22.8 Å². The third-order valence-corrected chi connectivity index (χ3v) is 4.08. The molecule has 0 aliphatic rings. The van der Waals surface area contributed by atoms with Gasteiger partial charge in [0.05, 0.1) is 0 Å². The molecule has 0 bridgehead atoms. The average molecular weight is 403 g/mol. The lowest BCUT2D eigenvalue weighted by molar-refractivity contribution is -0.131. The van der Waals surface area contributed by atoms with Gasteiger partial charge >= 0.3 is 5.97 Å². The van der Waals surface area contributed by atoms with Crippen molar-refractivity contribution in [2.24, 2.45) is 0 Å². The highest BCUT2D eigenvalue weighted by Crippen LogP contribution is 2.20. The molecule has 0 saturated heterocycles. The molecule has 1 amide bonds. The Bertz CT molecular complexity index is 996. The highest BCUT2D eigenvalue weighted by molar-refractivity contribution is 6.02. The second-order valence-electron chi connectivity index (χ2n) is 6.39. The van der Waals surface area contributed by atoms with Gasteiger partial charge in [0.2, 0.25) is 5.91 Å². The van der Waals surface area contributed by atoms with E-state index < -0.39 is 11.9 Å². The minimum Gasteiger partial charge on any atom is -0.489 e. The highest BCUT2D eigenvalue weighted by atomic mass is 16.5. The van der Waals surface area contributed by atoms with Crippen LogP contribution in [0.25, 0.3) is 0 Å². The Morgan fingerprint density at radius 1 is 0.733 bits per heavy atom. The largest absolute Gasteiger partial charge is 0.489 e. The zero-order valence-electron chi connectivity index (χ0n) is 16.2. The van der Waals surface area contributed by atoms with E-state index in [-0.39, 0.29) is 0 Å². The van der Waals surface area contributed by atoms with Crippen LogP contribution in [0, 0.1) is 0 Å². The van der Waals surface area contributed by atoms with Crippen molar-refractivity contribution in [3.05, 3.63) is 102 Å². The number of aliphatic carboxylic acids is 1. The van der Waals surface area contributed by atoms with Crippen LogP contribution in [0.2, 0.25) is 0 Å². The number of benzene rings is 3. The summed E-state index contributed by atoms with van der Waals surface area (Å²) in [7, 11) is 0. The summed E-state index contributed by atoms with van der Waals surface area (Å²) < 4.78 is 11.5. The maximum Gasteiger partial charge on any atom is 0.328 e. The van der Waals surface area contributed by atoms with E-state index in [1.165, 1.54) is 0 Å². The summed E-state index contributed by atoms with van der Waals surface area (Å²) in [6.07, 6.45) is 1.75. The summed E-state index contributed by atoms with van der Waals surface area (Å²) in [6.45, 7) is 0.882. The van der Waals surface area contributed by atoms with Gasteiger partial charge in [-0.3, -0.25) is 4.79 Å². The second-order valence-corrected chi connectivity index (χ2v) is 6.39. The summed E-state index contributed by atoms with van der Waals surface area (Å²) >= 11 is 0. The monoisotopic (exact) mass is 403 g/mol. The molecule has 2 N–H and O–H groups in total. The molecule has 152 valence electrons. The Balaban J connectivity index is 1.46. The minimum atomic E-state index is -1.17. The van der Waals surface area contributed by atoms with Gasteiger partial charge in [-0.05, 0) is 47.5 Å². The van der Waals surface area contributed by atoms with E-state index in [2.05, 4.69) is 5.32 Å². The highest BCUT2D eigenvalue weighted by Gasteiger charge is 2.02.